The monoisotopic (exact) mass is 429 g/mol. The van der Waals surface area contributed by atoms with Crippen LogP contribution in [-0.4, -0.2) is 36.6 Å². The fourth-order valence-electron chi connectivity index (χ4n) is 2.81. The van der Waals surface area contributed by atoms with Crippen molar-refractivity contribution in [1.82, 2.24) is 24.8 Å². The standard InChI is InChI=1S/C17H16BrN7O2/c18-11-3-5-13(6-4-11)25-16(10-1-2-10)15(22-23-25)17(27)21-12-7-20-24(8-12)9-14(19)26/h3-8,10H,1-2,9H2,(H2,19,26)(H,21,27). The molecular weight excluding hydrogens is 414 g/mol. The summed E-state index contributed by atoms with van der Waals surface area (Å²) in [6.45, 7) is -0.0526. The lowest BCUT2D eigenvalue weighted by Gasteiger charge is -2.07. The van der Waals surface area contributed by atoms with Crippen molar-refractivity contribution in [3.8, 4) is 5.69 Å². The first-order valence-electron chi connectivity index (χ1n) is 8.35. The summed E-state index contributed by atoms with van der Waals surface area (Å²) >= 11 is 3.41. The predicted molar refractivity (Wildman–Crippen MR) is 100 cm³/mol. The third kappa shape index (κ3) is 3.75. The van der Waals surface area contributed by atoms with Gasteiger partial charge in [-0.05, 0) is 37.1 Å². The summed E-state index contributed by atoms with van der Waals surface area (Å²) in [6, 6.07) is 7.67. The van der Waals surface area contributed by atoms with Crippen molar-refractivity contribution in [2.75, 3.05) is 5.32 Å². The van der Waals surface area contributed by atoms with Crippen molar-refractivity contribution >= 4 is 33.4 Å². The van der Waals surface area contributed by atoms with Crippen molar-refractivity contribution in [1.29, 1.82) is 0 Å². The molecule has 0 saturated heterocycles. The summed E-state index contributed by atoms with van der Waals surface area (Å²) in [5.74, 6) is -0.606. The number of rotatable bonds is 6. The minimum atomic E-state index is -0.510. The zero-order chi connectivity index (χ0) is 19.0. The van der Waals surface area contributed by atoms with Crippen LogP contribution in [0.2, 0.25) is 0 Å². The molecule has 0 radical (unpaired) electrons. The number of carbonyl (C=O) groups is 2. The second kappa shape index (κ2) is 6.95. The number of anilines is 1. The lowest BCUT2D eigenvalue weighted by molar-refractivity contribution is -0.118. The lowest BCUT2D eigenvalue weighted by atomic mass is 10.2. The smallest absolute Gasteiger partial charge is 0.278 e. The van der Waals surface area contributed by atoms with Gasteiger partial charge in [-0.25, -0.2) is 4.68 Å². The third-order valence-corrected chi connectivity index (χ3v) is 4.69. The highest BCUT2D eigenvalue weighted by atomic mass is 79.9. The largest absolute Gasteiger partial charge is 0.368 e. The molecule has 10 heteroatoms. The van der Waals surface area contributed by atoms with Gasteiger partial charge in [-0.2, -0.15) is 5.10 Å². The predicted octanol–water partition coefficient (Wildman–Crippen LogP) is 1.84. The van der Waals surface area contributed by atoms with Crippen LogP contribution in [0.3, 0.4) is 0 Å². The van der Waals surface area contributed by atoms with Gasteiger partial charge in [-0.3, -0.25) is 14.3 Å². The second-order valence-corrected chi connectivity index (χ2v) is 7.25. The first kappa shape index (κ1) is 17.4. The van der Waals surface area contributed by atoms with Crippen LogP contribution in [0.4, 0.5) is 5.69 Å². The summed E-state index contributed by atoms with van der Waals surface area (Å²) in [6.07, 6.45) is 5.00. The molecule has 1 fully saturated rings. The molecule has 1 aliphatic rings. The van der Waals surface area contributed by atoms with Gasteiger partial charge in [0.05, 0.1) is 23.3 Å². The van der Waals surface area contributed by atoms with Crippen LogP contribution in [0.1, 0.15) is 34.9 Å². The Bertz CT molecular complexity index is 1000. The zero-order valence-corrected chi connectivity index (χ0v) is 15.8. The number of hydrogen-bond donors (Lipinski definition) is 2. The van der Waals surface area contributed by atoms with Crippen molar-refractivity contribution < 1.29 is 9.59 Å². The summed E-state index contributed by atoms with van der Waals surface area (Å²) in [5.41, 5.74) is 7.55. The number of nitrogens with one attached hydrogen (secondary N) is 1. The van der Waals surface area contributed by atoms with Gasteiger partial charge in [0.2, 0.25) is 5.91 Å². The SMILES string of the molecule is NC(=O)Cn1cc(NC(=O)c2nnn(-c3ccc(Br)cc3)c2C2CC2)cn1. The number of hydrogen-bond acceptors (Lipinski definition) is 5. The maximum absolute atomic E-state index is 12.7. The van der Waals surface area contributed by atoms with Crippen molar-refractivity contribution in [2.45, 2.75) is 25.3 Å². The lowest BCUT2D eigenvalue weighted by Crippen LogP contribution is -2.19. The first-order valence-corrected chi connectivity index (χ1v) is 9.14. The topological polar surface area (TPSA) is 121 Å². The Balaban J connectivity index is 1.60. The molecule has 2 heterocycles. The van der Waals surface area contributed by atoms with Crippen molar-refractivity contribution in [3.63, 3.8) is 0 Å². The maximum atomic E-state index is 12.7. The van der Waals surface area contributed by atoms with Crippen LogP contribution in [0.15, 0.2) is 41.1 Å². The van der Waals surface area contributed by atoms with Gasteiger partial charge in [-0.1, -0.05) is 21.1 Å². The molecule has 0 unspecified atom stereocenters. The average Bonchev–Trinajstić information content (AvgIpc) is 3.22. The molecule has 1 aromatic carbocycles. The highest BCUT2D eigenvalue weighted by Gasteiger charge is 2.34. The zero-order valence-electron chi connectivity index (χ0n) is 14.2. The molecule has 4 rings (SSSR count). The molecule has 27 heavy (non-hydrogen) atoms. The number of benzene rings is 1. The summed E-state index contributed by atoms with van der Waals surface area (Å²) in [5, 5.41) is 15.0. The fourth-order valence-corrected chi connectivity index (χ4v) is 3.08. The van der Waals surface area contributed by atoms with Crippen LogP contribution >= 0.6 is 15.9 Å². The third-order valence-electron chi connectivity index (χ3n) is 4.16. The van der Waals surface area contributed by atoms with Gasteiger partial charge >= 0.3 is 0 Å². The number of nitrogens with two attached hydrogens (primary N) is 1. The number of amides is 2. The molecule has 138 valence electrons. The molecule has 0 spiro atoms. The maximum Gasteiger partial charge on any atom is 0.278 e. The Kier molecular flexibility index (Phi) is 4.48. The normalized spacial score (nSPS) is 13.5. The first-order chi connectivity index (χ1) is 13.0. The van der Waals surface area contributed by atoms with E-state index in [-0.39, 0.29) is 18.4 Å². The summed E-state index contributed by atoms with van der Waals surface area (Å²) in [4.78, 5) is 23.7. The van der Waals surface area contributed by atoms with E-state index in [4.69, 9.17) is 5.73 Å². The van der Waals surface area contributed by atoms with Gasteiger partial charge in [0.15, 0.2) is 5.69 Å². The van der Waals surface area contributed by atoms with Crippen LogP contribution in [0, 0.1) is 0 Å². The van der Waals surface area contributed by atoms with Crippen LogP contribution in [0.5, 0.6) is 0 Å². The Labute approximate surface area is 162 Å². The van der Waals surface area contributed by atoms with E-state index in [2.05, 4.69) is 36.7 Å². The second-order valence-electron chi connectivity index (χ2n) is 6.33. The number of halogens is 1. The minimum Gasteiger partial charge on any atom is -0.368 e. The quantitative estimate of drug-likeness (QED) is 0.618. The molecule has 2 aromatic heterocycles. The molecule has 1 aliphatic carbocycles. The molecule has 2 amide bonds. The van der Waals surface area contributed by atoms with Gasteiger partial charge in [0.25, 0.3) is 5.91 Å². The molecule has 3 aromatic rings. The molecular formula is C17H16BrN7O2. The molecule has 1 saturated carbocycles. The van der Waals surface area contributed by atoms with E-state index in [1.54, 1.807) is 10.9 Å². The van der Waals surface area contributed by atoms with E-state index in [1.165, 1.54) is 10.9 Å². The van der Waals surface area contributed by atoms with Crippen molar-refractivity contribution in [2.24, 2.45) is 5.73 Å². The number of nitrogens with zero attached hydrogens (tertiary/aromatic N) is 5. The highest BCUT2D eigenvalue weighted by Crippen LogP contribution is 2.42. The van der Waals surface area contributed by atoms with Crippen LogP contribution < -0.4 is 11.1 Å². The number of carbonyl (C=O) groups excluding carboxylic acids is 2. The number of aromatic nitrogens is 5. The van der Waals surface area contributed by atoms with Crippen LogP contribution in [0.25, 0.3) is 5.69 Å². The fraction of sp³-hybridized carbons (Fsp3) is 0.235. The molecule has 0 bridgehead atoms. The summed E-state index contributed by atoms with van der Waals surface area (Å²) in [7, 11) is 0. The summed E-state index contributed by atoms with van der Waals surface area (Å²) < 4.78 is 4.04. The van der Waals surface area contributed by atoms with Gasteiger partial charge in [-0.15, -0.1) is 5.10 Å². The van der Waals surface area contributed by atoms with E-state index in [1.807, 2.05) is 24.3 Å². The highest BCUT2D eigenvalue weighted by molar-refractivity contribution is 9.10. The minimum absolute atomic E-state index is 0.0526. The Hall–Kier alpha value is -3.01. The van der Waals surface area contributed by atoms with E-state index in [0.29, 0.717) is 11.4 Å². The van der Waals surface area contributed by atoms with Gasteiger partial charge < -0.3 is 11.1 Å². The van der Waals surface area contributed by atoms with E-state index in [9.17, 15) is 9.59 Å². The average molecular weight is 430 g/mol. The van der Waals surface area contributed by atoms with Gasteiger partial charge in [0.1, 0.15) is 6.54 Å². The Morgan fingerprint density at radius 1 is 1.26 bits per heavy atom. The van der Waals surface area contributed by atoms with E-state index < -0.39 is 5.91 Å². The van der Waals surface area contributed by atoms with E-state index >= 15 is 0 Å². The molecule has 0 atom stereocenters. The molecule has 3 N–H and O–H groups in total. The van der Waals surface area contributed by atoms with Crippen molar-refractivity contribution in [3.05, 3.63) is 52.5 Å². The van der Waals surface area contributed by atoms with E-state index in [0.717, 1.165) is 28.7 Å². The Morgan fingerprint density at radius 2 is 2.00 bits per heavy atom. The Morgan fingerprint density at radius 3 is 2.67 bits per heavy atom. The number of primary amides is 1. The molecule has 9 nitrogen and oxygen atoms in total. The van der Waals surface area contributed by atoms with Gasteiger partial charge in [0, 0.05) is 16.6 Å². The molecule has 0 aliphatic heterocycles. The van der Waals surface area contributed by atoms with Crippen LogP contribution in [-0.2, 0) is 11.3 Å².